The Hall–Kier alpha value is -1.89. The zero-order valence-corrected chi connectivity index (χ0v) is 13.7. The van der Waals surface area contributed by atoms with Crippen LogP contribution in [0.15, 0.2) is 24.3 Å². The Bertz CT molecular complexity index is 727. The van der Waals surface area contributed by atoms with E-state index in [0.717, 1.165) is 6.42 Å². The molecule has 2 N–H and O–H groups in total. The molecule has 6 nitrogen and oxygen atoms in total. The Labute approximate surface area is 135 Å². The molecule has 1 aromatic rings. The summed E-state index contributed by atoms with van der Waals surface area (Å²) < 4.78 is 22.8. The third kappa shape index (κ3) is 3.90. The van der Waals surface area contributed by atoms with Crippen molar-refractivity contribution in [2.45, 2.75) is 25.8 Å². The minimum atomic E-state index is -3.01. The summed E-state index contributed by atoms with van der Waals surface area (Å²) in [6, 6.07) is 6.31. The lowest BCUT2D eigenvalue weighted by Gasteiger charge is -2.11. The van der Waals surface area contributed by atoms with E-state index in [1.807, 2.05) is 6.92 Å². The van der Waals surface area contributed by atoms with Gasteiger partial charge in [-0.1, -0.05) is 6.92 Å². The van der Waals surface area contributed by atoms with E-state index >= 15 is 0 Å². The number of amides is 2. The molecule has 1 saturated carbocycles. The molecule has 2 amide bonds. The SMILES string of the molecule is CC1CC1C(=O)Nc1ccc(C(=O)NC2CCS(=O)(=O)C2)cc1. The predicted molar refractivity (Wildman–Crippen MR) is 86.9 cm³/mol. The summed E-state index contributed by atoms with van der Waals surface area (Å²) in [7, 11) is -3.01. The maximum absolute atomic E-state index is 12.1. The molecule has 2 fully saturated rings. The van der Waals surface area contributed by atoms with Crippen molar-refractivity contribution in [3.8, 4) is 0 Å². The second-order valence-corrected chi connectivity index (χ2v) is 8.69. The fourth-order valence-electron chi connectivity index (χ4n) is 2.80. The van der Waals surface area contributed by atoms with Gasteiger partial charge in [0, 0.05) is 23.2 Å². The van der Waals surface area contributed by atoms with E-state index in [2.05, 4.69) is 10.6 Å². The van der Waals surface area contributed by atoms with Crippen molar-refractivity contribution in [2.75, 3.05) is 16.8 Å². The van der Waals surface area contributed by atoms with Crippen LogP contribution < -0.4 is 10.6 Å². The first-order valence-electron chi connectivity index (χ1n) is 7.76. The van der Waals surface area contributed by atoms with Crippen LogP contribution in [-0.2, 0) is 14.6 Å². The minimum Gasteiger partial charge on any atom is -0.348 e. The van der Waals surface area contributed by atoms with E-state index < -0.39 is 9.84 Å². The third-order valence-electron chi connectivity index (χ3n) is 4.43. The van der Waals surface area contributed by atoms with Crippen LogP contribution in [0, 0.1) is 11.8 Å². The Kier molecular flexibility index (Phi) is 4.14. The lowest BCUT2D eigenvalue weighted by atomic mass is 10.1. The summed E-state index contributed by atoms with van der Waals surface area (Å²) in [5, 5.41) is 5.57. The van der Waals surface area contributed by atoms with Crippen LogP contribution >= 0.6 is 0 Å². The molecule has 3 atom stereocenters. The van der Waals surface area contributed by atoms with Gasteiger partial charge >= 0.3 is 0 Å². The second-order valence-electron chi connectivity index (χ2n) is 6.46. The topological polar surface area (TPSA) is 92.3 Å². The van der Waals surface area contributed by atoms with Crippen LogP contribution in [0.1, 0.15) is 30.1 Å². The molecule has 1 aliphatic heterocycles. The summed E-state index contributed by atoms with van der Waals surface area (Å²) in [6.45, 7) is 2.04. The highest BCUT2D eigenvalue weighted by molar-refractivity contribution is 7.91. The second kappa shape index (κ2) is 5.96. The molecule has 2 aliphatic rings. The zero-order chi connectivity index (χ0) is 16.6. The monoisotopic (exact) mass is 336 g/mol. The van der Waals surface area contributed by atoms with E-state index in [9.17, 15) is 18.0 Å². The molecule has 0 bridgehead atoms. The quantitative estimate of drug-likeness (QED) is 0.864. The number of hydrogen-bond acceptors (Lipinski definition) is 4. The van der Waals surface area contributed by atoms with Crippen LogP contribution in [0.3, 0.4) is 0 Å². The van der Waals surface area contributed by atoms with Crippen molar-refractivity contribution in [2.24, 2.45) is 11.8 Å². The maximum Gasteiger partial charge on any atom is 0.251 e. The van der Waals surface area contributed by atoms with Gasteiger partial charge in [-0.15, -0.1) is 0 Å². The fourth-order valence-corrected chi connectivity index (χ4v) is 4.48. The smallest absolute Gasteiger partial charge is 0.251 e. The number of rotatable bonds is 4. The number of hydrogen-bond donors (Lipinski definition) is 2. The van der Waals surface area contributed by atoms with Crippen LogP contribution in [0.25, 0.3) is 0 Å². The normalized spacial score (nSPS) is 28.1. The van der Waals surface area contributed by atoms with Gasteiger partial charge in [-0.25, -0.2) is 8.42 Å². The fraction of sp³-hybridized carbons (Fsp3) is 0.500. The Morgan fingerprint density at radius 2 is 1.83 bits per heavy atom. The van der Waals surface area contributed by atoms with Crippen molar-refractivity contribution in [1.82, 2.24) is 5.32 Å². The van der Waals surface area contributed by atoms with Gasteiger partial charge < -0.3 is 10.6 Å². The first-order valence-corrected chi connectivity index (χ1v) is 9.58. The number of carbonyl (C=O) groups excluding carboxylic acids is 2. The van der Waals surface area contributed by atoms with Gasteiger partial charge in [0.15, 0.2) is 9.84 Å². The Balaban J connectivity index is 1.56. The van der Waals surface area contributed by atoms with Gasteiger partial charge in [-0.05, 0) is 43.0 Å². The third-order valence-corrected chi connectivity index (χ3v) is 6.20. The van der Waals surface area contributed by atoms with Gasteiger partial charge in [-0.2, -0.15) is 0 Å². The Morgan fingerprint density at radius 3 is 2.35 bits per heavy atom. The van der Waals surface area contributed by atoms with E-state index in [1.54, 1.807) is 24.3 Å². The summed E-state index contributed by atoms with van der Waals surface area (Å²) >= 11 is 0. The molecule has 0 spiro atoms. The molecular formula is C16H20N2O4S. The molecule has 23 heavy (non-hydrogen) atoms. The van der Waals surface area contributed by atoms with Crippen LogP contribution in [0.4, 0.5) is 5.69 Å². The van der Waals surface area contributed by atoms with E-state index in [1.165, 1.54) is 0 Å². The van der Waals surface area contributed by atoms with Crippen molar-refractivity contribution in [3.05, 3.63) is 29.8 Å². The molecule has 1 heterocycles. The molecular weight excluding hydrogens is 316 g/mol. The first-order chi connectivity index (χ1) is 10.8. The van der Waals surface area contributed by atoms with Gasteiger partial charge in [-0.3, -0.25) is 9.59 Å². The van der Waals surface area contributed by atoms with Crippen LogP contribution in [0.2, 0.25) is 0 Å². The molecule has 1 aromatic carbocycles. The number of carbonyl (C=O) groups is 2. The molecule has 124 valence electrons. The van der Waals surface area contributed by atoms with Crippen molar-refractivity contribution >= 4 is 27.3 Å². The number of sulfone groups is 1. The summed E-state index contributed by atoms with van der Waals surface area (Å²) in [5.41, 5.74) is 1.11. The highest BCUT2D eigenvalue weighted by Crippen LogP contribution is 2.38. The highest BCUT2D eigenvalue weighted by Gasteiger charge is 2.39. The van der Waals surface area contributed by atoms with Gasteiger partial charge in [0.2, 0.25) is 5.91 Å². The molecule has 3 rings (SSSR count). The molecule has 0 radical (unpaired) electrons. The summed E-state index contributed by atoms with van der Waals surface area (Å²) in [6.07, 6.45) is 1.39. The molecule has 7 heteroatoms. The number of benzene rings is 1. The zero-order valence-electron chi connectivity index (χ0n) is 12.9. The van der Waals surface area contributed by atoms with E-state index in [-0.39, 0.29) is 35.3 Å². The average Bonchev–Trinajstić information content (AvgIpc) is 3.13. The lowest BCUT2D eigenvalue weighted by Crippen LogP contribution is -2.35. The summed E-state index contributed by atoms with van der Waals surface area (Å²) in [4.78, 5) is 24.0. The number of nitrogens with one attached hydrogen (secondary N) is 2. The van der Waals surface area contributed by atoms with Gasteiger partial charge in [0.25, 0.3) is 5.91 Å². The largest absolute Gasteiger partial charge is 0.348 e. The first kappa shape index (κ1) is 16.0. The molecule has 0 aromatic heterocycles. The van der Waals surface area contributed by atoms with E-state index in [4.69, 9.17) is 0 Å². The van der Waals surface area contributed by atoms with E-state index in [0.29, 0.717) is 23.6 Å². The van der Waals surface area contributed by atoms with Crippen LogP contribution in [-0.4, -0.2) is 37.8 Å². The average molecular weight is 336 g/mol. The van der Waals surface area contributed by atoms with Crippen molar-refractivity contribution in [3.63, 3.8) is 0 Å². The number of anilines is 1. The lowest BCUT2D eigenvalue weighted by molar-refractivity contribution is -0.117. The summed E-state index contributed by atoms with van der Waals surface area (Å²) in [5.74, 6) is 0.409. The standard InChI is InChI=1S/C16H20N2O4S/c1-10-8-14(10)16(20)17-12-4-2-11(3-5-12)15(19)18-13-6-7-23(21,22)9-13/h2-5,10,13-14H,6-9H2,1H3,(H,17,20)(H,18,19). The minimum absolute atomic E-state index is 0.00640. The Morgan fingerprint density at radius 1 is 1.17 bits per heavy atom. The van der Waals surface area contributed by atoms with Gasteiger partial charge in [0.05, 0.1) is 11.5 Å². The maximum atomic E-state index is 12.1. The predicted octanol–water partition coefficient (Wildman–Crippen LogP) is 1.20. The van der Waals surface area contributed by atoms with Crippen molar-refractivity contribution in [1.29, 1.82) is 0 Å². The van der Waals surface area contributed by atoms with Crippen molar-refractivity contribution < 1.29 is 18.0 Å². The van der Waals surface area contributed by atoms with Gasteiger partial charge in [0.1, 0.15) is 0 Å². The molecule has 1 saturated heterocycles. The molecule has 1 aliphatic carbocycles. The highest BCUT2D eigenvalue weighted by atomic mass is 32.2. The van der Waals surface area contributed by atoms with Crippen LogP contribution in [0.5, 0.6) is 0 Å². The molecule has 3 unspecified atom stereocenters.